The van der Waals surface area contributed by atoms with Crippen LogP contribution in [0.2, 0.25) is 0 Å². The maximum absolute atomic E-state index is 13.5. The predicted octanol–water partition coefficient (Wildman–Crippen LogP) is 3.25. The van der Waals surface area contributed by atoms with Gasteiger partial charge in [0.05, 0.1) is 11.3 Å². The number of likely N-dealkylation sites (tertiary alicyclic amines) is 1. The Morgan fingerprint density at radius 2 is 1.91 bits per heavy atom. The smallest absolute Gasteiger partial charge is 0.274 e. The van der Waals surface area contributed by atoms with Gasteiger partial charge in [0.25, 0.3) is 11.5 Å². The molecule has 8 nitrogen and oxygen atoms in total. The minimum Gasteiger partial charge on any atom is -0.336 e. The summed E-state index contributed by atoms with van der Waals surface area (Å²) in [6.07, 6.45) is 3.05. The Bertz CT molecular complexity index is 1250. The monoisotopic (exact) mass is 447 g/mol. The third-order valence-electron chi connectivity index (χ3n) is 5.94. The van der Waals surface area contributed by atoms with E-state index in [1.807, 2.05) is 32.9 Å². The first-order valence-corrected chi connectivity index (χ1v) is 11.4. The van der Waals surface area contributed by atoms with E-state index in [1.54, 1.807) is 35.4 Å². The summed E-state index contributed by atoms with van der Waals surface area (Å²) in [5.74, 6) is 0.0147. The Morgan fingerprint density at radius 3 is 2.64 bits per heavy atom. The van der Waals surface area contributed by atoms with Crippen molar-refractivity contribution in [2.24, 2.45) is 11.8 Å². The number of aryl methyl sites for hydroxylation is 1. The van der Waals surface area contributed by atoms with Gasteiger partial charge >= 0.3 is 0 Å². The molecule has 1 N–H and O–H groups in total. The first-order valence-electron chi connectivity index (χ1n) is 11.4. The highest BCUT2D eigenvalue weighted by atomic mass is 16.2. The molecule has 8 heteroatoms. The van der Waals surface area contributed by atoms with Crippen molar-refractivity contribution >= 4 is 28.4 Å². The van der Waals surface area contributed by atoms with E-state index in [9.17, 15) is 14.4 Å². The van der Waals surface area contributed by atoms with Gasteiger partial charge in [-0.2, -0.15) is 5.10 Å². The molecule has 2 aromatic heterocycles. The fraction of sp³-hybridized carbons (Fsp3) is 0.400. The zero-order valence-corrected chi connectivity index (χ0v) is 19.2. The molecule has 3 aromatic rings. The van der Waals surface area contributed by atoms with Crippen molar-refractivity contribution in [3.8, 4) is 0 Å². The number of benzene rings is 1. The van der Waals surface area contributed by atoms with E-state index < -0.39 is 0 Å². The Morgan fingerprint density at radius 1 is 1.15 bits per heavy atom. The van der Waals surface area contributed by atoms with Crippen LogP contribution in [0.5, 0.6) is 0 Å². The predicted molar refractivity (Wildman–Crippen MR) is 127 cm³/mol. The standard InChI is InChI=1S/C25H29N5O3/c1-16(2)14-30-24(32)20-11-5-4-10-19(20)21(28-30)25(33)29-13-7-9-18(15-29)23(31)27-22-17(3)8-6-12-26-22/h4-6,8,10-12,16,18H,7,9,13-15H2,1-3H3,(H,26,27,31). The second kappa shape index (κ2) is 9.52. The summed E-state index contributed by atoms with van der Waals surface area (Å²) in [5.41, 5.74) is 0.947. The summed E-state index contributed by atoms with van der Waals surface area (Å²) >= 11 is 0. The van der Waals surface area contributed by atoms with Crippen molar-refractivity contribution in [3.05, 3.63) is 64.2 Å². The Labute approximate surface area is 192 Å². The number of carbonyl (C=O) groups is 2. The number of nitrogens with one attached hydrogen (secondary N) is 1. The average Bonchev–Trinajstić information content (AvgIpc) is 2.82. The van der Waals surface area contributed by atoms with Crippen LogP contribution >= 0.6 is 0 Å². The maximum atomic E-state index is 13.5. The number of pyridine rings is 1. The summed E-state index contributed by atoms with van der Waals surface area (Å²) < 4.78 is 1.39. The van der Waals surface area contributed by atoms with Crippen LogP contribution in [-0.2, 0) is 11.3 Å². The van der Waals surface area contributed by atoms with E-state index in [-0.39, 0.29) is 34.9 Å². The van der Waals surface area contributed by atoms with Crippen LogP contribution in [0.3, 0.4) is 0 Å². The summed E-state index contributed by atoms with van der Waals surface area (Å²) in [7, 11) is 0. The fourth-order valence-electron chi connectivity index (χ4n) is 4.22. The molecule has 1 saturated heterocycles. The summed E-state index contributed by atoms with van der Waals surface area (Å²) in [6.45, 7) is 7.17. The Hall–Kier alpha value is -3.55. The molecular formula is C25H29N5O3. The van der Waals surface area contributed by atoms with E-state index in [2.05, 4.69) is 15.4 Å². The molecule has 1 aliphatic rings. The topological polar surface area (TPSA) is 97.2 Å². The SMILES string of the molecule is Cc1cccnc1NC(=O)C1CCCN(C(=O)c2nn(CC(C)C)c(=O)c3ccccc23)C1. The van der Waals surface area contributed by atoms with Crippen LogP contribution in [-0.4, -0.2) is 44.6 Å². The molecule has 0 aliphatic carbocycles. The molecule has 1 fully saturated rings. The molecule has 1 atom stereocenters. The number of amides is 2. The third-order valence-corrected chi connectivity index (χ3v) is 5.94. The van der Waals surface area contributed by atoms with Crippen LogP contribution in [0.25, 0.3) is 10.8 Å². The van der Waals surface area contributed by atoms with Crippen LogP contribution in [0.15, 0.2) is 47.4 Å². The van der Waals surface area contributed by atoms with Gasteiger partial charge in [-0.3, -0.25) is 14.4 Å². The zero-order chi connectivity index (χ0) is 23.5. The quantitative estimate of drug-likeness (QED) is 0.648. The lowest BCUT2D eigenvalue weighted by atomic mass is 9.96. The van der Waals surface area contributed by atoms with E-state index in [0.29, 0.717) is 49.1 Å². The highest BCUT2D eigenvalue weighted by Gasteiger charge is 2.31. The Kier molecular flexibility index (Phi) is 6.53. The van der Waals surface area contributed by atoms with Crippen molar-refractivity contribution in [3.63, 3.8) is 0 Å². The number of hydrogen-bond donors (Lipinski definition) is 1. The van der Waals surface area contributed by atoms with E-state index >= 15 is 0 Å². The lowest BCUT2D eigenvalue weighted by Gasteiger charge is -2.32. The van der Waals surface area contributed by atoms with Crippen LogP contribution < -0.4 is 10.9 Å². The molecule has 4 rings (SSSR count). The van der Waals surface area contributed by atoms with Crippen molar-refractivity contribution in [2.45, 2.75) is 40.2 Å². The zero-order valence-electron chi connectivity index (χ0n) is 19.2. The fourth-order valence-corrected chi connectivity index (χ4v) is 4.22. The molecule has 0 radical (unpaired) electrons. The van der Waals surface area contributed by atoms with Crippen molar-refractivity contribution in [2.75, 3.05) is 18.4 Å². The van der Waals surface area contributed by atoms with Gasteiger partial charge in [0.1, 0.15) is 5.82 Å². The summed E-state index contributed by atoms with van der Waals surface area (Å²) in [6, 6.07) is 10.8. The molecule has 2 amide bonds. The summed E-state index contributed by atoms with van der Waals surface area (Å²) in [4.78, 5) is 45.2. The number of fused-ring (bicyclic) bond motifs is 1. The first kappa shape index (κ1) is 22.6. The molecular weight excluding hydrogens is 418 g/mol. The maximum Gasteiger partial charge on any atom is 0.274 e. The van der Waals surface area contributed by atoms with Gasteiger partial charge in [-0.05, 0) is 43.4 Å². The van der Waals surface area contributed by atoms with E-state index in [4.69, 9.17) is 0 Å². The number of carbonyl (C=O) groups excluding carboxylic acids is 2. The van der Waals surface area contributed by atoms with Gasteiger partial charge in [0.15, 0.2) is 5.69 Å². The van der Waals surface area contributed by atoms with Crippen LogP contribution in [0.1, 0.15) is 42.7 Å². The van der Waals surface area contributed by atoms with Gasteiger partial charge in [-0.25, -0.2) is 9.67 Å². The molecule has 33 heavy (non-hydrogen) atoms. The minimum absolute atomic E-state index is 0.142. The van der Waals surface area contributed by atoms with Crippen LogP contribution in [0, 0.1) is 18.8 Å². The van der Waals surface area contributed by atoms with Gasteiger partial charge in [0.2, 0.25) is 5.91 Å². The average molecular weight is 448 g/mol. The molecule has 0 bridgehead atoms. The second-order valence-electron chi connectivity index (χ2n) is 9.02. The lowest BCUT2D eigenvalue weighted by molar-refractivity contribution is -0.121. The number of hydrogen-bond acceptors (Lipinski definition) is 5. The Balaban J connectivity index is 1.60. The minimum atomic E-state index is -0.336. The van der Waals surface area contributed by atoms with Crippen LogP contribution in [0.4, 0.5) is 5.82 Å². The normalized spacial score (nSPS) is 16.2. The van der Waals surface area contributed by atoms with Gasteiger partial charge in [-0.1, -0.05) is 38.1 Å². The lowest BCUT2D eigenvalue weighted by Crippen LogP contribution is -2.44. The summed E-state index contributed by atoms with van der Waals surface area (Å²) in [5, 5.41) is 8.39. The third kappa shape index (κ3) is 4.79. The number of aromatic nitrogens is 3. The molecule has 3 heterocycles. The van der Waals surface area contributed by atoms with Crippen molar-refractivity contribution < 1.29 is 9.59 Å². The van der Waals surface area contributed by atoms with Crippen molar-refractivity contribution in [1.29, 1.82) is 0 Å². The largest absolute Gasteiger partial charge is 0.336 e. The number of piperidine rings is 1. The molecule has 0 spiro atoms. The molecule has 1 unspecified atom stereocenters. The molecule has 1 aliphatic heterocycles. The van der Waals surface area contributed by atoms with Gasteiger partial charge < -0.3 is 10.2 Å². The first-order chi connectivity index (χ1) is 15.8. The molecule has 1 aromatic carbocycles. The number of anilines is 1. The van der Waals surface area contributed by atoms with E-state index in [1.165, 1.54) is 4.68 Å². The molecule has 172 valence electrons. The number of rotatable bonds is 5. The van der Waals surface area contributed by atoms with Gasteiger partial charge in [0, 0.05) is 31.2 Å². The number of nitrogens with zero attached hydrogens (tertiary/aromatic N) is 4. The van der Waals surface area contributed by atoms with Gasteiger partial charge in [-0.15, -0.1) is 0 Å². The second-order valence-corrected chi connectivity index (χ2v) is 9.02. The highest BCUT2D eigenvalue weighted by Crippen LogP contribution is 2.23. The van der Waals surface area contributed by atoms with E-state index in [0.717, 1.165) is 5.56 Å². The molecule has 0 saturated carbocycles. The highest BCUT2D eigenvalue weighted by molar-refractivity contribution is 6.05. The van der Waals surface area contributed by atoms with Crippen molar-refractivity contribution in [1.82, 2.24) is 19.7 Å².